The van der Waals surface area contributed by atoms with E-state index in [-0.39, 0.29) is 11.8 Å². The minimum Gasteiger partial charge on any atom is -0.479 e. The molecule has 1 heterocycles. The van der Waals surface area contributed by atoms with Gasteiger partial charge in [-0.05, 0) is 25.1 Å². The quantitative estimate of drug-likeness (QED) is 0.798. The van der Waals surface area contributed by atoms with Gasteiger partial charge in [-0.3, -0.25) is 9.59 Å². The SMILES string of the molecule is CC(=O)N(C)c1ccc2c(c1)NC(=O)C(C)O2. The van der Waals surface area contributed by atoms with E-state index >= 15 is 0 Å². The van der Waals surface area contributed by atoms with Crippen molar-refractivity contribution < 1.29 is 14.3 Å². The van der Waals surface area contributed by atoms with E-state index in [1.165, 1.54) is 11.8 Å². The van der Waals surface area contributed by atoms with Gasteiger partial charge in [-0.1, -0.05) is 0 Å². The van der Waals surface area contributed by atoms with Crippen LogP contribution in [0.3, 0.4) is 0 Å². The number of rotatable bonds is 1. The van der Waals surface area contributed by atoms with Crippen molar-refractivity contribution in [3.63, 3.8) is 0 Å². The van der Waals surface area contributed by atoms with Crippen molar-refractivity contribution in [3.8, 4) is 5.75 Å². The first-order valence-electron chi connectivity index (χ1n) is 5.35. The molecule has 0 spiro atoms. The monoisotopic (exact) mass is 234 g/mol. The fourth-order valence-electron chi connectivity index (χ4n) is 1.59. The van der Waals surface area contributed by atoms with Crippen molar-refractivity contribution in [3.05, 3.63) is 18.2 Å². The predicted octanol–water partition coefficient (Wildman–Crippen LogP) is 1.39. The number of nitrogens with one attached hydrogen (secondary N) is 1. The Labute approximate surface area is 99.4 Å². The lowest BCUT2D eigenvalue weighted by atomic mass is 10.2. The second kappa shape index (κ2) is 4.08. The Kier molecular flexibility index (Phi) is 2.75. The van der Waals surface area contributed by atoms with Crippen LogP contribution in [0.15, 0.2) is 18.2 Å². The van der Waals surface area contributed by atoms with Crippen LogP contribution in [0.4, 0.5) is 11.4 Å². The highest BCUT2D eigenvalue weighted by Gasteiger charge is 2.24. The zero-order valence-electron chi connectivity index (χ0n) is 9.98. The summed E-state index contributed by atoms with van der Waals surface area (Å²) in [5.74, 6) is 0.374. The molecule has 1 N–H and O–H groups in total. The van der Waals surface area contributed by atoms with E-state index < -0.39 is 6.10 Å². The zero-order chi connectivity index (χ0) is 12.6. The number of carbonyl (C=O) groups is 2. The molecule has 0 saturated carbocycles. The number of carbonyl (C=O) groups excluding carboxylic acids is 2. The highest BCUT2D eigenvalue weighted by atomic mass is 16.5. The number of anilines is 2. The number of nitrogens with zero attached hydrogens (tertiary/aromatic N) is 1. The summed E-state index contributed by atoms with van der Waals surface area (Å²) in [5, 5.41) is 2.74. The summed E-state index contributed by atoms with van der Waals surface area (Å²) in [6, 6.07) is 5.25. The van der Waals surface area contributed by atoms with Crippen LogP contribution in [0.1, 0.15) is 13.8 Å². The predicted molar refractivity (Wildman–Crippen MR) is 64.2 cm³/mol. The van der Waals surface area contributed by atoms with Crippen molar-refractivity contribution in [2.24, 2.45) is 0 Å². The fraction of sp³-hybridized carbons (Fsp3) is 0.333. The third kappa shape index (κ3) is 2.08. The third-order valence-electron chi connectivity index (χ3n) is 2.75. The molecule has 2 rings (SSSR count). The molecular formula is C12H14N2O3. The van der Waals surface area contributed by atoms with Gasteiger partial charge < -0.3 is 15.0 Å². The molecular weight excluding hydrogens is 220 g/mol. The average Bonchev–Trinajstić information content (AvgIpc) is 2.29. The molecule has 90 valence electrons. The topological polar surface area (TPSA) is 58.6 Å². The van der Waals surface area contributed by atoms with Crippen LogP contribution < -0.4 is 15.0 Å². The Bertz CT molecular complexity index is 485. The highest BCUT2D eigenvalue weighted by Crippen LogP contribution is 2.33. The van der Waals surface area contributed by atoms with Crippen molar-refractivity contribution in [1.82, 2.24) is 0 Å². The van der Waals surface area contributed by atoms with Crippen LogP contribution in [0.25, 0.3) is 0 Å². The molecule has 1 aliphatic rings. The summed E-state index contributed by atoms with van der Waals surface area (Å²) < 4.78 is 5.42. The van der Waals surface area contributed by atoms with Gasteiger partial charge in [-0.15, -0.1) is 0 Å². The molecule has 2 amide bonds. The molecule has 0 radical (unpaired) electrons. The van der Waals surface area contributed by atoms with E-state index in [0.29, 0.717) is 11.4 Å². The molecule has 1 atom stereocenters. The fourth-order valence-corrected chi connectivity index (χ4v) is 1.59. The normalized spacial score (nSPS) is 17.8. The van der Waals surface area contributed by atoms with Crippen LogP contribution in [-0.2, 0) is 9.59 Å². The van der Waals surface area contributed by atoms with Crippen LogP contribution in [-0.4, -0.2) is 25.0 Å². The van der Waals surface area contributed by atoms with E-state index in [4.69, 9.17) is 4.74 Å². The van der Waals surface area contributed by atoms with Gasteiger partial charge in [0.2, 0.25) is 5.91 Å². The Morgan fingerprint density at radius 3 is 2.82 bits per heavy atom. The largest absolute Gasteiger partial charge is 0.479 e. The second-order valence-corrected chi connectivity index (χ2v) is 4.01. The number of amides is 2. The maximum Gasteiger partial charge on any atom is 0.265 e. The number of hydrogen-bond donors (Lipinski definition) is 1. The molecule has 5 nitrogen and oxygen atoms in total. The van der Waals surface area contributed by atoms with Gasteiger partial charge in [0.05, 0.1) is 5.69 Å². The van der Waals surface area contributed by atoms with Gasteiger partial charge in [-0.2, -0.15) is 0 Å². The average molecular weight is 234 g/mol. The van der Waals surface area contributed by atoms with Gasteiger partial charge in [0, 0.05) is 19.7 Å². The van der Waals surface area contributed by atoms with Crippen molar-refractivity contribution in [2.45, 2.75) is 20.0 Å². The first-order valence-corrected chi connectivity index (χ1v) is 5.35. The van der Waals surface area contributed by atoms with E-state index in [1.54, 1.807) is 32.2 Å². The summed E-state index contributed by atoms with van der Waals surface area (Å²) in [7, 11) is 1.68. The summed E-state index contributed by atoms with van der Waals surface area (Å²) in [4.78, 5) is 24.2. The molecule has 1 unspecified atom stereocenters. The van der Waals surface area contributed by atoms with E-state index in [2.05, 4.69) is 5.32 Å². The third-order valence-corrected chi connectivity index (χ3v) is 2.75. The highest BCUT2D eigenvalue weighted by molar-refractivity contribution is 5.99. The lowest BCUT2D eigenvalue weighted by Crippen LogP contribution is -2.34. The Hall–Kier alpha value is -2.04. The minimum atomic E-state index is -0.487. The molecule has 0 fully saturated rings. The Morgan fingerprint density at radius 1 is 1.47 bits per heavy atom. The molecule has 0 saturated heterocycles. The maximum atomic E-state index is 11.5. The van der Waals surface area contributed by atoms with Gasteiger partial charge in [-0.25, -0.2) is 0 Å². The van der Waals surface area contributed by atoms with Gasteiger partial charge in [0.1, 0.15) is 5.75 Å². The molecule has 0 aliphatic carbocycles. The second-order valence-electron chi connectivity index (χ2n) is 4.01. The molecule has 0 aromatic heterocycles. The molecule has 1 aromatic rings. The molecule has 0 bridgehead atoms. The first kappa shape index (κ1) is 11.4. The molecule has 5 heteroatoms. The lowest BCUT2D eigenvalue weighted by molar-refractivity contribution is -0.122. The molecule has 1 aliphatic heterocycles. The number of ether oxygens (including phenoxy) is 1. The number of hydrogen-bond acceptors (Lipinski definition) is 3. The lowest BCUT2D eigenvalue weighted by Gasteiger charge is -2.25. The maximum absolute atomic E-state index is 11.5. The van der Waals surface area contributed by atoms with Crippen LogP contribution in [0, 0.1) is 0 Å². The summed E-state index contributed by atoms with van der Waals surface area (Å²) in [6.07, 6.45) is -0.487. The molecule has 1 aromatic carbocycles. The van der Waals surface area contributed by atoms with E-state index in [0.717, 1.165) is 5.69 Å². The minimum absolute atomic E-state index is 0.0682. The summed E-state index contributed by atoms with van der Waals surface area (Å²) in [6.45, 7) is 3.17. The Balaban J connectivity index is 2.35. The van der Waals surface area contributed by atoms with Crippen LogP contribution in [0.2, 0.25) is 0 Å². The smallest absolute Gasteiger partial charge is 0.265 e. The number of benzene rings is 1. The van der Waals surface area contributed by atoms with E-state index in [1.807, 2.05) is 0 Å². The van der Waals surface area contributed by atoms with Crippen molar-refractivity contribution in [2.75, 3.05) is 17.3 Å². The van der Waals surface area contributed by atoms with Gasteiger partial charge in [0.25, 0.3) is 5.91 Å². The standard InChI is InChI=1S/C12H14N2O3/c1-7-12(16)13-10-6-9(14(3)8(2)15)4-5-11(10)17-7/h4-7H,1-3H3,(H,13,16). The first-order chi connectivity index (χ1) is 7.99. The zero-order valence-corrected chi connectivity index (χ0v) is 9.98. The summed E-state index contributed by atoms with van der Waals surface area (Å²) in [5.41, 5.74) is 1.31. The number of fused-ring (bicyclic) bond motifs is 1. The van der Waals surface area contributed by atoms with Gasteiger partial charge in [0.15, 0.2) is 6.10 Å². The van der Waals surface area contributed by atoms with E-state index in [9.17, 15) is 9.59 Å². The van der Waals surface area contributed by atoms with Gasteiger partial charge >= 0.3 is 0 Å². The van der Waals surface area contributed by atoms with Crippen LogP contribution >= 0.6 is 0 Å². The van der Waals surface area contributed by atoms with Crippen molar-refractivity contribution >= 4 is 23.2 Å². The summed E-state index contributed by atoms with van der Waals surface area (Å²) >= 11 is 0. The van der Waals surface area contributed by atoms with Crippen LogP contribution in [0.5, 0.6) is 5.75 Å². The Morgan fingerprint density at radius 2 is 2.18 bits per heavy atom. The van der Waals surface area contributed by atoms with Crippen molar-refractivity contribution in [1.29, 1.82) is 0 Å². The molecule has 17 heavy (non-hydrogen) atoms.